The zero-order valence-corrected chi connectivity index (χ0v) is 12.2. The van der Waals surface area contributed by atoms with Gasteiger partial charge in [0.05, 0.1) is 0 Å². The van der Waals surface area contributed by atoms with Gasteiger partial charge >= 0.3 is 0 Å². The van der Waals surface area contributed by atoms with Crippen LogP contribution < -0.4 is 15.5 Å². The van der Waals surface area contributed by atoms with Gasteiger partial charge in [-0.2, -0.15) is 0 Å². The fourth-order valence-corrected chi connectivity index (χ4v) is 2.34. The topological polar surface area (TPSA) is 49.6 Å². The highest BCUT2D eigenvalue weighted by Gasteiger charge is 2.25. The number of amides is 1. The molecule has 0 unspecified atom stereocenters. The van der Waals surface area contributed by atoms with E-state index >= 15 is 0 Å². The van der Waals surface area contributed by atoms with E-state index in [-0.39, 0.29) is 11.4 Å². The van der Waals surface area contributed by atoms with Gasteiger partial charge in [0.15, 0.2) is 0 Å². The van der Waals surface area contributed by atoms with Gasteiger partial charge in [-0.1, -0.05) is 0 Å². The fourth-order valence-electron chi connectivity index (χ4n) is 2.34. The van der Waals surface area contributed by atoms with Crippen molar-refractivity contribution in [3.8, 4) is 0 Å². The summed E-state index contributed by atoms with van der Waals surface area (Å²) in [5, 5.41) is 0. The Morgan fingerprint density at radius 1 is 1.37 bits per heavy atom. The number of carbonyl (C=O) groups excluding carboxylic acids is 1. The lowest BCUT2D eigenvalue weighted by Crippen LogP contribution is -2.47. The van der Waals surface area contributed by atoms with Gasteiger partial charge in [-0.15, -0.1) is 0 Å². The number of hydrogen-bond acceptors (Lipinski definition) is 3. The van der Waals surface area contributed by atoms with Gasteiger partial charge in [0.1, 0.15) is 0 Å². The minimum Gasteiger partial charge on any atom is -0.368 e. The van der Waals surface area contributed by atoms with Gasteiger partial charge in [-0.05, 0) is 44.0 Å². The normalized spacial score (nSPS) is 15.4. The van der Waals surface area contributed by atoms with Crippen LogP contribution in [0.4, 0.5) is 11.4 Å². The fraction of sp³-hybridized carbons (Fsp3) is 0.533. The second-order valence-corrected chi connectivity index (χ2v) is 5.84. The van der Waals surface area contributed by atoms with Gasteiger partial charge in [0.2, 0.25) is 5.91 Å². The van der Waals surface area contributed by atoms with Gasteiger partial charge < -0.3 is 15.5 Å². The molecular formula is C15H23N3O. The average Bonchev–Trinajstić information content (AvgIpc) is 2.41. The summed E-state index contributed by atoms with van der Waals surface area (Å²) in [6, 6.07) is 6.27. The van der Waals surface area contributed by atoms with Crippen LogP contribution in [0.25, 0.3) is 0 Å². The molecule has 0 saturated heterocycles. The monoisotopic (exact) mass is 261 g/mol. The van der Waals surface area contributed by atoms with Gasteiger partial charge in [0.25, 0.3) is 0 Å². The highest BCUT2D eigenvalue weighted by atomic mass is 16.2. The molecule has 1 aliphatic heterocycles. The molecule has 19 heavy (non-hydrogen) atoms. The van der Waals surface area contributed by atoms with Crippen LogP contribution in [0.1, 0.15) is 25.8 Å². The Morgan fingerprint density at radius 3 is 2.68 bits per heavy atom. The van der Waals surface area contributed by atoms with Crippen molar-refractivity contribution in [2.45, 2.75) is 32.2 Å². The van der Waals surface area contributed by atoms with Crippen molar-refractivity contribution in [2.24, 2.45) is 5.73 Å². The third kappa shape index (κ3) is 2.45. The van der Waals surface area contributed by atoms with Crippen molar-refractivity contribution in [3.05, 3.63) is 23.8 Å². The van der Waals surface area contributed by atoms with Gasteiger partial charge in [0, 0.05) is 44.0 Å². The Kier molecular flexibility index (Phi) is 3.54. The number of nitrogens with two attached hydrogens (primary N) is 1. The first-order chi connectivity index (χ1) is 8.86. The molecule has 1 amide bonds. The number of fused-ring (bicyclic) bond motifs is 1. The van der Waals surface area contributed by atoms with E-state index in [1.54, 1.807) is 4.90 Å². The molecule has 2 rings (SSSR count). The quantitative estimate of drug-likeness (QED) is 0.902. The number of likely N-dealkylation sites (N-methyl/N-ethyl adjacent to an activating group) is 1. The molecule has 1 aromatic rings. The molecule has 0 saturated carbocycles. The SMILES string of the molecule is CN1C(=O)CCc2cc(N(C)C(C)(C)CN)ccc21. The maximum atomic E-state index is 11.7. The molecule has 0 bridgehead atoms. The van der Waals surface area contributed by atoms with Crippen molar-refractivity contribution in [1.82, 2.24) is 0 Å². The number of rotatable bonds is 3. The number of hydrogen-bond donors (Lipinski definition) is 1. The van der Waals surface area contributed by atoms with Crippen molar-refractivity contribution in [3.63, 3.8) is 0 Å². The summed E-state index contributed by atoms with van der Waals surface area (Å²) in [7, 11) is 3.90. The first-order valence-electron chi connectivity index (χ1n) is 6.70. The summed E-state index contributed by atoms with van der Waals surface area (Å²) < 4.78 is 0. The molecule has 1 heterocycles. The lowest BCUT2D eigenvalue weighted by atomic mass is 9.98. The Labute approximate surface area is 115 Å². The van der Waals surface area contributed by atoms with Crippen LogP contribution >= 0.6 is 0 Å². The summed E-state index contributed by atoms with van der Waals surface area (Å²) in [6.07, 6.45) is 1.42. The van der Waals surface area contributed by atoms with Crippen LogP contribution in [0, 0.1) is 0 Å². The van der Waals surface area contributed by atoms with Crippen LogP contribution in [-0.2, 0) is 11.2 Å². The van der Waals surface area contributed by atoms with Crippen LogP contribution in [0.5, 0.6) is 0 Å². The number of anilines is 2. The van der Waals surface area contributed by atoms with E-state index in [0.29, 0.717) is 13.0 Å². The lowest BCUT2D eigenvalue weighted by Gasteiger charge is -2.37. The standard InChI is InChI=1S/C15H23N3O/c1-15(2,10-16)18(4)12-6-7-13-11(9-12)5-8-14(19)17(13)3/h6-7,9H,5,8,10,16H2,1-4H3. The predicted octanol–water partition coefficient (Wildman–Crippen LogP) is 1.77. The van der Waals surface area contributed by atoms with Crippen molar-refractivity contribution < 1.29 is 4.79 Å². The minimum atomic E-state index is -0.0787. The molecule has 2 N–H and O–H groups in total. The van der Waals surface area contributed by atoms with E-state index in [9.17, 15) is 4.79 Å². The van der Waals surface area contributed by atoms with Crippen LogP contribution in [0.2, 0.25) is 0 Å². The molecule has 1 aliphatic rings. The molecule has 0 fully saturated rings. The highest BCUT2D eigenvalue weighted by molar-refractivity contribution is 5.96. The highest BCUT2D eigenvalue weighted by Crippen LogP contribution is 2.32. The molecule has 0 aromatic heterocycles. The maximum absolute atomic E-state index is 11.7. The van der Waals surface area contributed by atoms with Crippen molar-refractivity contribution in [1.29, 1.82) is 0 Å². The number of carbonyl (C=O) groups is 1. The molecule has 104 valence electrons. The smallest absolute Gasteiger partial charge is 0.227 e. The van der Waals surface area contributed by atoms with E-state index in [1.165, 1.54) is 5.56 Å². The van der Waals surface area contributed by atoms with Crippen LogP contribution in [0.3, 0.4) is 0 Å². The second kappa shape index (κ2) is 4.85. The van der Waals surface area contributed by atoms with E-state index in [2.05, 4.69) is 37.9 Å². The Balaban J connectivity index is 2.35. The second-order valence-electron chi connectivity index (χ2n) is 5.84. The summed E-state index contributed by atoms with van der Waals surface area (Å²) in [5.74, 6) is 0.191. The summed E-state index contributed by atoms with van der Waals surface area (Å²) in [5.41, 5.74) is 9.16. The number of aryl methyl sites for hydroxylation is 1. The molecule has 0 atom stereocenters. The third-order valence-corrected chi connectivity index (χ3v) is 4.20. The Bertz CT molecular complexity index is 496. The lowest BCUT2D eigenvalue weighted by molar-refractivity contribution is -0.118. The van der Waals surface area contributed by atoms with Gasteiger partial charge in [-0.3, -0.25) is 4.79 Å². The molecule has 4 heteroatoms. The van der Waals surface area contributed by atoms with Crippen molar-refractivity contribution in [2.75, 3.05) is 30.4 Å². The van der Waals surface area contributed by atoms with Crippen molar-refractivity contribution >= 4 is 17.3 Å². The molecule has 0 aliphatic carbocycles. The average molecular weight is 261 g/mol. The van der Waals surface area contributed by atoms with E-state index < -0.39 is 0 Å². The molecule has 0 spiro atoms. The maximum Gasteiger partial charge on any atom is 0.227 e. The van der Waals surface area contributed by atoms with E-state index in [4.69, 9.17) is 5.73 Å². The summed E-state index contributed by atoms with van der Waals surface area (Å²) >= 11 is 0. The zero-order valence-electron chi connectivity index (χ0n) is 12.2. The van der Waals surface area contributed by atoms with Gasteiger partial charge in [-0.25, -0.2) is 0 Å². The molecule has 1 aromatic carbocycles. The Hall–Kier alpha value is -1.55. The molecule has 4 nitrogen and oxygen atoms in total. The number of nitrogens with zero attached hydrogens (tertiary/aromatic N) is 2. The third-order valence-electron chi connectivity index (χ3n) is 4.20. The molecule has 0 radical (unpaired) electrons. The summed E-state index contributed by atoms with van der Waals surface area (Å²) in [4.78, 5) is 15.6. The first kappa shape index (κ1) is 13.9. The predicted molar refractivity (Wildman–Crippen MR) is 79.7 cm³/mol. The largest absolute Gasteiger partial charge is 0.368 e. The van der Waals surface area contributed by atoms with E-state index in [1.807, 2.05) is 13.1 Å². The Morgan fingerprint density at radius 2 is 2.05 bits per heavy atom. The summed E-state index contributed by atoms with van der Waals surface area (Å²) in [6.45, 7) is 4.85. The van der Waals surface area contributed by atoms with Crippen LogP contribution in [-0.4, -0.2) is 32.1 Å². The van der Waals surface area contributed by atoms with Crippen LogP contribution in [0.15, 0.2) is 18.2 Å². The molecular weight excluding hydrogens is 238 g/mol. The first-order valence-corrected chi connectivity index (χ1v) is 6.70. The minimum absolute atomic E-state index is 0.0787. The van der Waals surface area contributed by atoms with E-state index in [0.717, 1.165) is 17.8 Å². The number of benzene rings is 1. The zero-order chi connectivity index (χ0) is 14.2.